The third kappa shape index (κ3) is 4.16. The van der Waals surface area contributed by atoms with Gasteiger partial charge in [0.1, 0.15) is 8.07 Å². The molecule has 5 heteroatoms. The number of benzene rings is 1. The lowest BCUT2D eigenvalue weighted by Crippen LogP contribution is -2.52. The molecule has 2 aromatic rings. The van der Waals surface area contributed by atoms with Crippen LogP contribution in [0.15, 0.2) is 48.8 Å². The van der Waals surface area contributed by atoms with Gasteiger partial charge in [0.15, 0.2) is 0 Å². The van der Waals surface area contributed by atoms with Crippen molar-refractivity contribution >= 4 is 25.0 Å². The Morgan fingerprint density at radius 2 is 1.90 bits per heavy atom. The van der Waals surface area contributed by atoms with Crippen molar-refractivity contribution in [2.75, 3.05) is 11.5 Å². The quantitative estimate of drug-likeness (QED) is 0.853. The van der Waals surface area contributed by atoms with Crippen LogP contribution < -0.4 is 15.8 Å². The molecule has 21 heavy (non-hydrogen) atoms. The van der Waals surface area contributed by atoms with Crippen LogP contribution in [0.4, 0.5) is 10.5 Å². The number of nitrogens with one attached hydrogen (secondary N) is 2. The minimum Gasteiger partial charge on any atom is -0.340 e. The summed E-state index contributed by atoms with van der Waals surface area (Å²) in [6.07, 6.45) is 4.11. The molecule has 0 bridgehead atoms. The molecule has 0 unspecified atom stereocenters. The lowest BCUT2D eigenvalue weighted by molar-refractivity contribution is 0.253. The Hall–Kier alpha value is -2.14. The van der Waals surface area contributed by atoms with Gasteiger partial charge in [-0.3, -0.25) is 4.98 Å². The van der Waals surface area contributed by atoms with E-state index in [0.717, 1.165) is 11.3 Å². The maximum atomic E-state index is 12.0. The maximum Gasteiger partial charge on any atom is 0.318 e. The average molecular weight is 299 g/mol. The Morgan fingerprint density at radius 3 is 2.57 bits per heavy atom. The predicted molar refractivity (Wildman–Crippen MR) is 89.6 cm³/mol. The number of anilines is 1. The second-order valence-electron chi connectivity index (χ2n) is 5.75. The van der Waals surface area contributed by atoms with Crippen molar-refractivity contribution in [2.45, 2.75) is 20.0 Å². The van der Waals surface area contributed by atoms with Gasteiger partial charge in [-0.1, -0.05) is 48.6 Å². The van der Waals surface area contributed by atoms with E-state index in [0.29, 0.717) is 6.17 Å². The normalized spacial score (nSPS) is 11.0. The van der Waals surface area contributed by atoms with Crippen LogP contribution in [0.25, 0.3) is 0 Å². The maximum absolute atomic E-state index is 12.0. The second-order valence-corrected chi connectivity index (χ2v) is 10.4. The number of hydrogen-bond donors (Lipinski definition) is 2. The number of carbonyl (C=O) groups is 1. The van der Waals surface area contributed by atoms with Gasteiger partial charge in [0.2, 0.25) is 0 Å². The van der Waals surface area contributed by atoms with E-state index in [-0.39, 0.29) is 6.03 Å². The standard InChI is InChI=1S/C16H21N3OSi/c1-13-11-17-10-9-15(13)19-16(20)18-12-21(2,3)14-7-5-4-6-8-14/h4-11H,12H2,1-3H3,(H2,17,18,19,20). The number of amides is 2. The summed E-state index contributed by atoms with van der Waals surface area (Å²) in [6.45, 7) is 6.42. The molecule has 4 nitrogen and oxygen atoms in total. The van der Waals surface area contributed by atoms with Crippen LogP contribution in [-0.2, 0) is 0 Å². The Labute approximate surface area is 126 Å². The fourth-order valence-electron chi connectivity index (χ4n) is 2.07. The second kappa shape index (κ2) is 6.54. The number of aryl methyl sites for hydroxylation is 1. The average Bonchev–Trinajstić information content (AvgIpc) is 2.49. The lowest BCUT2D eigenvalue weighted by atomic mass is 10.3. The van der Waals surface area contributed by atoms with Gasteiger partial charge in [0, 0.05) is 24.2 Å². The van der Waals surface area contributed by atoms with Crippen molar-refractivity contribution in [3.8, 4) is 0 Å². The molecule has 110 valence electrons. The monoisotopic (exact) mass is 299 g/mol. The van der Waals surface area contributed by atoms with Crippen molar-refractivity contribution in [3.05, 3.63) is 54.4 Å². The number of carbonyl (C=O) groups excluding carboxylic acids is 1. The van der Waals surface area contributed by atoms with Crippen LogP contribution >= 0.6 is 0 Å². The predicted octanol–water partition coefficient (Wildman–Crippen LogP) is 2.67. The van der Waals surface area contributed by atoms with Crippen molar-refractivity contribution in [1.29, 1.82) is 0 Å². The lowest BCUT2D eigenvalue weighted by Gasteiger charge is -2.23. The van der Waals surface area contributed by atoms with E-state index in [1.165, 1.54) is 5.19 Å². The minimum absolute atomic E-state index is 0.166. The number of aromatic nitrogens is 1. The van der Waals surface area contributed by atoms with E-state index >= 15 is 0 Å². The number of hydrogen-bond acceptors (Lipinski definition) is 2. The van der Waals surface area contributed by atoms with Gasteiger partial charge in [-0.15, -0.1) is 0 Å². The molecule has 1 aromatic heterocycles. The van der Waals surface area contributed by atoms with Gasteiger partial charge in [-0.2, -0.15) is 0 Å². The third-order valence-corrected chi connectivity index (χ3v) is 6.47. The molecule has 2 rings (SSSR count). The summed E-state index contributed by atoms with van der Waals surface area (Å²) < 4.78 is 0. The van der Waals surface area contributed by atoms with Gasteiger partial charge in [0.25, 0.3) is 0 Å². The Bertz CT molecular complexity index is 614. The molecule has 0 aliphatic carbocycles. The fraction of sp³-hybridized carbons (Fsp3) is 0.250. The van der Waals surface area contributed by atoms with E-state index < -0.39 is 8.07 Å². The molecular formula is C16H21N3OSi. The van der Waals surface area contributed by atoms with Crippen LogP contribution in [-0.4, -0.2) is 25.3 Å². The van der Waals surface area contributed by atoms with E-state index in [9.17, 15) is 4.79 Å². The molecule has 0 saturated heterocycles. The highest BCUT2D eigenvalue weighted by atomic mass is 28.3. The van der Waals surface area contributed by atoms with E-state index in [2.05, 4.69) is 40.8 Å². The van der Waals surface area contributed by atoms with Crippen molar-refractivity contribution in [2.24, 2.45) is 0 Å². The zero-order chi connectivity index (χ0) is 15.3. The minimum atomic E-state index is -1.66. The Kier molecular flexibility index (Phi) is 4.75. The SMILES string of the molecule is Cc1cnccc1NC(=O)NC[Si](C)(C)c1ccccc1. The largest absolute Gasteiger partial charge is 0.340 e. The first-order valence-corrected chi connectivity index (χ1v) is 10.2. The summed E-state index contributed by atoms with van der Waals surface area (Å²) >= 11 is 0. The Morgan fingerprint density at radius 1 is 1.19 bits per heavy atom. The number of pyridine rings is 1. The van der Waals surface area contributed by atoms with Gasteiger partial charge >= 0.3 is 6.03 Å². The van der Waals surface area contributed by atoms with Gasteiger partial charge in [0.05, 0.1) is 0 Å². The molecule has 1 heterocycles. The molecule has 0 fully saturated rings. The zero-order valence-corrected chi connectivity index (χ0v) is 13.7. The smallest absolute Gasteiger partial charge is 0.318 e. The van der Waals surface area contributed by atoms with Crippen LogP contribution in [0.1, 0.15) is 5.56 Å². The zero-order valence-electron chi connectivity index (χ0n) is 12.7. The van der Waals surface area contributed by atoms with E-state index in [4.69, 9.17) is 0 Å². The summed E-state index contributed by atoms with van der Waals surface area (Å²) in [4.78, 5) is 16.0. The molecule has 1 aromatic carbocycles. The van der Waals surface area contributed by atoms with Crippen molar-refractivity contribution in [1.82, 2.24) is 10.3 Å². The van der Waals surface area contributed by atoms with Crippen LogP contribution in [0.2, 0.25) is 13.1 Å². The number of rotatable bonds is 4. The summed E-state index contributed by atoms with van der Waals surface area (Å²) in [5.41, 5.74) is 1.74. The fourth-order valence-corrected chi connectivity index (χ4v) is 3.97. The van der Waals surface area contributed by atoms with Crippen molar-refractivity contribution < 1.29 is 4.79 Å². The summed E-state index contributed by atoms with van der Waals surface area (Å²) in [6, 6.07) is 12.0. The molecular weight excluding hydrogens is 278 g/mol. The van der Waals surface area contributed by atoms with E-state index in [1.807, 2.05) is 25.1 Å². The summed E-state index contributed by atoms with van der Waals surface area (Å²) in [5, 5.41) is 7.19. The van der Waals surface area contributed by atoms with Crippen LogP contribution in [0.5, 0.6) is 0 Å². The van der Waals surface area contributed by atoms with Gasteiger partial charge < -0.3 is 10.6 Å². The highest BCUT2D eigenvalue weighted by Gasteiger charge is 2.23. The highest BCUT2D eigenvalue weighted by Crippen LogP contribution is 2.11. The summed E-state index contributed by atoms with van der Waals surface area (Å²) in [5.74, 6) is 0. The van der Waals surface area contributed by atoms with Crippen molar-refractivity contribution in [3.63, 3.8) is 0 Å². The first-order chi connectivity index (χ1) is 9.99. The number of nitrogens with zero attached hydrogens (tertiary/aromatic N) is 1. The molecule has 0 radical (unpaired) electrons. The van der Waals surface area contributed by atoms with Gasteiger partial charge in [-0.05, 0) is 18.6 Å². The van der Waals surface area contributed by atoms with Crippen LogP contribution in [0, 0.1) is 6.92 Å². The molecule has 0 spiro atoms. The molecule has 0 atom stereocenters. The number of urea groups is 1. The Balaban J connectivity index is 1.94. The van der Waals surface area contributed by atoms with E-state index in [1.54, 1.807) is 18.5 Å². The molecule has 2 N–H and O–H groups in total. The molecule has 0 aliphatic heterocycles. The topological polar surface area (TPSA) is 54.0 Å². The highest BCUT2D eigenvalue weighted by molar-refractivity contribution is 6.90. The van der Waals surface area contributed by atoms with Crippen LogP contribution in [0.3, 0.4) is 0 Å². The first-order valence-electron chi connectivity index (χ1n) is 7.00. The molecule has 0 aliphatic rings. The third-order valence-electron chi connectivity index (χ3n) is 3.51. The molecule has 0 saturated carbocycles. The van der Waals surface area contributed by atoms with Gasteiger partial charge in [-0.25, -0.2) is 4.79 Å². The summed E-state index contributed by atoms with van der Waals surface area (Å²) in [7, 11) is -1.66. The first kappa shape index (κ1) is 15.2. The molecule has 2 amide bonds.